The first-order chi connectivity index (χ1) is 10.3. The van der Waals surface area contributed by atoms with Gasteiger partial charge in [0, 0.05) is 11.6 Å². The van der Waals surface area contributed by atoms with Crippen molar-refractivity contribution in [2.45, 2.75) is 38.8 Å². The van der Waals surface area contributed by atoms with Gasteiger partial charge in [-0.25, -0.2) is 0 Å². The number of rotatable bonds is 4. The van der Waals surface area contributed by atoms with E-state index in [-0.39, 0.29) is 0 Å². The van der Waals surface area contributed by atoms with E-state index in [1.165, 1.54) is 19.3 Å². The molecular formula is C16H21N3O2. The molecule has 2 aromatic rings. The van der Waals surface area contributed by atoms with Crippen LogP contribution in [-0.2, 0) is 6.54 Å². The monoisotopic (exact) mass is 287 g/mol. The highest BCUT2D eigenvalue weighted by atomic mass is 16.5. The lowest BCUT2D eigenvalue weighted by atomic mass is 10.0. The van der Waals surface area contributed by atoms with Gasteiger partial charge in [0.2, 0.25) is 11.7 Å². The molecule has 0 radical (unpaired) electrons. The molecule has 0 spiro atoms. The zero-order valence-corrected chi connectivity index (χ0v) is 12.6. The molecule has 1 unspecified atom stereocenters. The standard InChI is InChI=1S/C16H21N3O2/c1-12-5-3-4-10-19(12)11-15-17-16(18-21-15)13-6-8-14(20-2)9-7-13/h6-9,12H,3-5,10-11H2,1-2H3. The fourth-order valence-corrected chi connectivity index (χ4v) is 2.74. The van der Waals surface area contributed by atoms with Crippen molar-refractivity contribution in [2.24, 2.45) is 0 Å². The Balaban J connectivity index is 1.70. The van der Waals surface area contributed by atoms with E-state index in [0.29, 0.717) is 17.8 Å². The molecular weight excluding hydrogens is 266 g/mol. The number of piperidine rings is 1. The second-order valence-corrected chi connectivity index (χ2v) is 5.56. The molecule has 0 saturated carbocycles. The van der Waals surface area contributed by atoms with Crippen molar-refractivity contribution in [1.82, 2.24) is 15.0 Å². The highest BCUT2D eigenvalue weighted by molar-refractivity contribution is 5.55. The normalized spacial score (nSPS) is 19.6. The van der Waals surface area contributed by atoms with Crippen LogP contribution in [0.3, 0.4) is 0 Å². The van der Waals surface area contributed by atoms with Crippen LogP contribution in [0, 0.1) is 0 Å². The smallest absolute Gasteiger partial charge is 0.241 e. The van der Waals surface area contributed by atoms with Gasteiger partial charge in [0.05, 0.1) is 13.7 Å². The minimum absolute atomic E-state index is 0.593. The fraction of sp³-hybridized carbons (Fsp3) is 0.500. The van der Waals surface area contributed by atoms with Crippen LogP contribution < -0.4 is 4.74 Å². The molecule has 5 heteroatoms. The van der Waals surface area contributed by atoms with Gasteiger partial charge in [0.1, 0.15) is 5.75 Å². The molecule has 0 bridgehead atoms. The molecule has 3 rings (SSSR count). The molecule has 1 atom stereocenters. The van der Waals surface area contributed by atoms with Crippen LogP contribution in [0.2, 0.25) is 0 Å². The topological polar surface area (TPSA) is 51.4 Å². The zero-order valence-electron chi connectivity index (χ0n) is 12.6. The van der Waals surface area contributed by atoms with Gasteiger partial charge < -0.3 is 9.26 Å². The van der Waals surface area contributed by atoms with E-state index in [9.17, 15) is 0 Å². The molecule has 2 heterocycles. The molecule has 0 amide bonds. The van der Waals surface area contributed by atoms with Crippen molar-refractivity contribution in [2.75, 3.05) is 13.7 Å². The highest BCUT2D eigenvalue weighted by Gasteiger charge is 2.20. The number of ether oxygens (including phenoxy) is 1. The molecule has 1 aromatic heterocycles. The van der Waals surface area contributed by atoms with Crippen molar-refractivity contribution in [3.8, 4) is 17.1 Å². The first-order valence-electron chi connectivity index (χ1n) is 7.47. The SMILES string of the molecule is COc1ccc(-c2noc(CN3CCCCC3C)n2)cc1. The third kappa shape index (κ3) is 3.24. The zero-order chi connectivity index (χ0) is 14.7. The maximum Gasteiger partial charge on any atom is 0.241 e. The van der Waals surface area contributed by atoms with Gasteiger partial charge >= 0.3 is 0 Å². The Labute approximate surface area is 124 Å². The Morgan fingerprint density at radius 2 is 2.10 bits per heavy atom. The molecule has 1 fully saturated rings. The number of methoxy groups -OCH3 is 1. The van der Waals surface area contributed by atoms with E-state index in [1.54, 1.807) is 7.11 Å². The van der Waals surface area contributed by atoms with E-state index >= 15 is 0 Å². The molecule has 5 nitrogen and oxygen atoms in total. The van der Waals surface area contributed by atoms with Crippen molar-refractivity contribution in [3.63, 3.8) is 0 Å². The predicted molar refractivity (Wildman–Crippen MR) is 80.0 cm³/mol. The molecule has 1 aromatic carbocycles. The largest absolute Gasteiger partial charge is 0.497 e. The lowest BCUT2D eigenvalue weighted by Crippen LogP contribution is -2.36. The number of hydrogen-bond acceptors (Lipinski definition) is 5. The van der Waals surface area contributed by atoms with E-state index in [0.717, 1.165) is 24.4 Å². The average molecular weight is 287 g/mol. The van der Waals surface area contributed by atoms with E-state index in [4.69, 9.17) is 9.26 Å². The first kappa shape index (κ1) is 14.1. The molecule has 0 aliphatic carbocycles. The highest BCUT2D eigenvalue weighted by Crippen LogP contribution is 2.22. The van der Waals surface area contributed by atoms with Gasteiger partial charge in [-0.1, -0.05) is 11.6 Å². The Morgan fingerprint density at radius 3 is 2.81 bits per heavy atom. The summed E-state index contributed by atoms with van der Waals surface area (Å²) in [5.74, 6) is 2.15. The molecule has 1 aliphatic heterocycles. The summed E-state index contributed by atoms with van der Waals surface area (Å²) in [5, 5.41) is 4.08. The van der Waals surface area contributed by atoms with Crippen LogP contribution in [0.5, 0.6) is 5.75 Å². The van der Waals surface area contributed by atoms with Gasteiger partial charge in [-0.2, -0.15) is 4.98 Å². The number of aromatic nitrogens is 2. The third-order valence-electron chi connectivity index (χ3n) is 4.10. The lowest BCUT2D eigenvalue weighted by Gasteiger charge is -2.31. The third-order valence-corrected chi connectivity index (χ3v) is 4.10. The Hall–Kier alpha value is -1.88. The van der Waals surface area contributed by atoms with Crippen LogP contribution in [0.4, 0.5) is 0 Å². The van der Waals surface area contributed by atoms with E-state index in [1.807, 2.05) is 24.3 Å². The predicted octanol–water partition coefficient (Wildman–Crippen LogP) is 3.12. The van der Waals surface area contributed by atoms with Gasteiger partial charge in [0.25, 0.3) is 0 Å². The minimum Gasteiger partial charge on any atom is -0.497 e. The van der Waals surface area contributed by atoms with Crippen molar-refractivity contribution >= 4 is 0 Å². The summed E-state index contributed by atoms with van der Waals surface area (Å²) in [5.41, 5.74) is 0.942. The van der Waals surface area contributed by atoms with Crippen LogP contribution >= 0.6 is 0 Å². The number of hydrogen-bond donors (Lipinski definition) is 0. The van der Waals surface area contributed by atoms with Crippen LogP contribution in [0.1, 0.15) is 32.1 Å². The van der Waals surface area contributed by atoms with Crippen molar-refractivity contribution in [3.05, 3.63) is 30.2 Å². The van der Waals surface area contributed by atoms with Crippen LogP contribution in [0.25, 0.3) is 11.4 Å². The summed E-state index contributed by atoms with van der Waals surface area (Å²) in [4.78, 5) is 6.92. The number of nitrogens with zero attached hydrogens (tertiary/aromatic N) is 3. The van der Waals surface area contributed by atoms with Crippen molar-refractivity contribution < 1.29 is 9.26 Å². The van der Waals surface area contributed by atoms with Crippen molar-refractivity contribution in [1.29, 1.82) is 0 Å². The second-order valence-electron chi connectivity index (χ2n) is 5.56. The fourth-order valence-electron chi connectivity index (χ4n) is 2.74. The maximum absolute atomic E-state index is 5.39. The van der Waals surface area contributed by atoms with E-state index < -0.39 is 0 Å². The number of likely N-dealkylation sites (tertiary alicyclic amines) is 1. The van der Waals surface area contributed by atoms with Crippen LogP contribution in [-0.4, -0.2) is 34.7 Å². The summed E-state index contributed by atoms with van der Waals surface area (Å²) in [6.45, 7) is 4.12. The molecule has 112 valence electrons. The summed E-state index contributed by atoms with van der Waals surface area (Å²) in [6, 6.07) is 8.28. The second kappa shape index (κ2) is 6.26. The molecule has 1 aliphatic rings. The number of benzene rings is 1. The summed E-state index contributed by atoms with van der Waals surface area (Å²) >= 11 is 0. The van der Waals surface area contributed by atoms with E-state index in [2.05, 4.69) is 22.0 Å². The van der Waals surface area contributed by atoms with Gasteiger partial charge in [-0.3, -0.25) is 4.90 Å². The Kier molecular flexibility index (Phi) is 4.20. The summed E-state index contributed by atoms with van der Waals surface area (Å²) in [7, 11) is 1.65. The average Bonchev–Trinajstić information content (AvgIpc) is 2.98. The summed E-state index contributed by atoms with van der Waals surface area (Å²) in [6.07, 6.45) is 3.82. The van der Waals surface area contributed by atoms with Crippen LogP contribution in [0.15, 0.2) is 28.8 Å². The lowest BCUT2D eigenvalue weighted by molar-refractivity contribution is 0.135. The Bertz CT molecular complexity index is 579. The molecule has 21 heavy (non-hydrogen) atoms. The minimum atomic E-state index is 0.593. The molecule has 1 saturated heterocycles. The molecule has 0 N–H and O–H groups in total. The quantitative estimate of drug-likeness (QED) is 0.864. The first-order valence-corrected chi connectivity index (χ1v) is 7.47. The maximum atomic E-state index is 5.39. The summed E-state index contributed by atoms with van der Waals surface area (Å²) < 4.78 is 10.5. The van der Waals surface area contributed by atoms with Gasteiger partial charge in [0.15, 0.2) is 0 Å². The van der Waals surface area contributed by atoms with Gasteiger partial charge in [-0.05, 0) is 50.6 Å². The van der Waals surface area contributed by atoms with Gasteiger partial charge in [-0.15, -0.1) is 0 Å². The Morgan fingerprint density at radius 1 is 1.29 bits per heavy atom.